The number of hydrogen-bond acceptors (Lipinski definition) is 3. The number of carbonyl (C=O) groups excluding carboxylic acids is 2. The molecule has 172 valence electrons. The fourth-order valence-electron chi connectivity index (χ4n) is 4.23. The largest absolute Gasteiger partial charge is 0.322 e. The molecular formula is C26H26Cl2N2O2S. The first-order valence-electron chi connectivity index (χ1n) is 10.9. The minimum Gasteiger partial charge on any atom is -0.322 e. The zero-order valence-corrected chi connectivity index (χ0v) is 21.1. The maximum absolute atomic E-state index is 13.4. The highest BCUT2D eigenvalue weighted by Crippen LogP contribution is 2.44. The van der Waals surface area contributed by atoms with Crippen LogP contribution in [0.2, 0.25) is 10.0 Å². The van der Waals surface area contributed by atoms with E-state index in [2.05, 4.69) is 31.4 Å². The molecule has 7 heteroatoms. The predicted octanol–water partition coefficient (Wildman–Crippen LogP) is 7.71. The minimum absolute atomic E-state index is 0.172. The molecule has 33 heavy (non-hydrogen) atoms. The van der Waals surface area contributed by atoms with Gasteiger partial charge in [0.1, 0.15) is 5.00 Å². The lowest BCUT2D eigenvalue weighted by Gasteiger charge is -2.33. The molecule has 2 N–H and O–H groups in total. The molecule has 2 aromatic carbocycles. The molecule has 0 fully saturated rings. The van der Waals surface area contributed by atoms with Crippen molar-refractivity contribution in [3.05, 3.63) is 80.1 Å². The Labute approximate surface area is 208 Å². The first kappa shape index (κ1) is 23.8. The zero-order chi connectivity index (χ0) is 23.8. The van der Waals surface area contributed by atoms with Crippen molar-refractivity contribution in [3.63, 3.8) is 0 Å². The number of fused-ring (bicyclic) bond motifs is 1. The summed E-state index contributed by atoms with van der Waals surface area (Å²) in [6.45, 7) is 6.76. The van der Waals surface area contributed by atoms with Gasteiger partial charge in [-0.25, -0.2) is 0 Å². The lowest BCUT2D eigenvalue weighted by molar-refractivity contribution is 0.102. The summed E-state index contributed by atoms with van der Waals surface area (Å²) >= 11 is 13.8. The van der Waals surface area contributed by atoms with E-state index in [0.29, 0.717) is 37.8 Å². The van der Waals surface area contributed by atoms with Crippen molar-refractivity contribution >= 4 is 57.0 Å². The average molecular weight is 501 g/mol. The van der Waals surface area contributed by atoms with Gasteiger partial charge in [0.25, 0.3) is 11.8 Å². The van der Waals surface area contributed by atoms with Gasteiger partial charge in [-0.3, -0.25) is 9.59 Å². The van der Waals surface area contributed by atoms with Crippen molar-refractivity contribution < 1.29 is 9.59 Å². The molecule has 2 amide bonds. The molecule has 0 bridgehead atoms. The Morgan fingerprint density at radius 3 is 2.45 bits per heavy atom. The molecule has 3 aromatic rings. The Morgan fingerprint density at radius 1 is 1.00 bits per heavy atom. The van der Waals surface area contributed by atoms with Gasteiger partial charge in [-0.05, 0) is 66.5 Å². The van der Waals surface area contributed by atoms with Gasteiger partial charge in [0.05, 0.1) is 16.1 Å². The molecule has 1 heterocycles. The van der Waals surface area contributed by atoms with E-state index in [-0.39, 0.29) is 17.2 Å². The minimum atomic E-state index is -0.330. The molecule has 1 unspecified atom stereocenters. The van der Waals surface area contributed by atoms with Crippen LogP contribution in [0.25, 0.3) is 0 Å². The van der Waals surface area contributed by atoms with Crippen molar-refractivity contribution in [1.82, 2.24) is 0 Å². The Morgan fingerprint density at radius 2 is 1.76 bits per heavy atom. The smallest absolute Gasteiger partial charge is 0.258 e. The lowest BCUT2D eigenvalue weighted by Crippen LogP contribution is -2.27. The van der Waals surface area contributed by atoms with Crippen LogP contribution in [0.5, 0.6) is 0 Å². The number of nitrogens with one attached hydrogen (secondary N) is 2. The van der Waals surface area contributed by atoms with Crippen LogP contribution >= 0.6 is 34.5 Å². The first-order valence-corrected chi connectivity index (χ1v) is 12.5. The molecule has 0 spiro atoms. The number of amides is 2. The van der Waals surface area contributed by atoms with Crippen LogP contribution in [0.1, 0.15) is 58.3 Å². The molecular weight excluding hydrogens is 475 g/mol. The maximum atomic E-state index is 13.4. The normalized spacial score (nSPS) is 15.6. The molecule has 1 aromatic heterocycles. The van der Waals surface area contributed by atoms with Crippen molar-refractivity contribution in [3.8, 4) is 0 Å². The van der Waals surface area contributed by atoms with E-state index in [0.717, 1.165) is 29.7 Å². The van der Waals surface area contributed by atoms with Crippen LogP contribution in [0.3, 0.4) is 0 Å². The molecule has 4 nitrogen and oxygen atoms in total. The summed E-state index contributed by atoms with van der Waals surface area (Å²) in [5.41, 5.74) is 2.71. The van der Waals surface area contributed by atoms with E-state index in [9.17, 15) is 9.59 Å². The van der Waals surface area contributed by atoms with Crippen molar-refractivity contribution in [2.45, 2.75) is 40.0 Å². The number of halogens is 2. The summed E-state index contributed by atoms with van der Waals surface area (Å²) in [6.07, 6.45) is 2.69. The van der Waals surface area contributed by atoms with E-state index in [1.807, 2.05) is 0 Å². The molecule has 0 saturated carbocycles. The van der Waals surface area contributed by atoms with Gasteiger partial charge < -0.3 is 10.6 Å². The van der Waals surface area contributed by atoms with Gasteiger partial charge in [0.15, 0.2) is 0 Å². The molecule has 4 rings (SSSR count). The highest BCUT2D eigenvalue weighted by Gasteiger charge is 2.34. The molecule has 0 aliphatic heterocycles. The summed E-state index contributed by atoms with van der Waals surface area (Å²) in [7, 11) is 0. The van der Waals surface area contributed by atoms with E-state index in [4.69, 9.17) is 23.2 Å². The van der Waals surface area contributed by atoms with Crippen LogP contribution in [0, 0.1) is 11.3 Å². The molecule has 0 radical (unpaired) electrons. The summed E-state index contributed by atoms with van der Waals surface area (Å²) in [5, 5.41) is 7.38. The Hall–Kier alpha value is -2.34. The second-order valence-electron chi connectivity index (χ2n) is 9.41. The fourth-order valence-corrected chi connectivity index (χ4v) is 5.96. The third-order valence-corrected chi connectivity index (χ3v) is 7.88. The maximum Gasteiger partial charge on any atom is 0.258 e. The number of hydrogen-bond donors (Lipinski definition) is 2. The molecule has 1 aliphatic rings. The van der Waals surface area contributed by atoms with Gasteiger partial charge >= 0.3 is 0 Å². The van der Waals surface area contributed by atoms with E-state index < -0.39 is 0 Å². The average Bonchev–Trinajstić information content (AvgIpc) is 3.10. The topological polar surface area (TPSA) is 58.2 Å². The lowest BCUT2D eigenvalue weighted by atomic mass is 9.72. The molecule has 1 aliphatic carbocycles. The van der Waals surface area contributed by atoms with Gasteiger partial charge in [-0.1, -0.05) is 62.2 Å². The van der Waals surface area contributed by atoms with Crippen LogP contribution in [-0.2, 0) is 12.8 Å². The van der Waals surface area contributed by atoms with Crippen molar-refractivity contribution in [2.24, 2.45) is 11.3 Å². The number of rotatable bonds is 4. The predicted molar refractivity (Wildman–Crippen MR) is 138 cm³/mol. The highest BCUT2D eigenvalue weighted by molar-refractivity contribution is 7.17. The molecule has 1 atom stereocenters. The summed E-state index contributed by atoms with van der Waals surface area (Å²) in [5.74, 6) is -0.0681. The van der Waals surface area contributed by atoms with Crippen molar-refractivity contribution in [2.75, 3.05) is 10.6 Å². The second kappa shape index (κ2) is 9.49. The number of carbonyl (C=O) groups is 2. The number of benzene rings is 2. The Bertz CT molecular complexity index is 1210. The van der Waals surface area contributed by atoms with E-state index in [1.165, 1.54) is 11.3 Å². The van der Waals surface area contributed by atoms with Crippen LogP contribution in [-0.4, -0.2) is 11.8 Å². The SMILES string of the molecule is CC(C)(C)C1CCc2c(sc(NC(=O)c3ccccc3Cl)c2C(=O)Nc2cccc(Cl)c2)C1. The number of thiophene rings is 1. The Balaban J connectivity index is 1.70. The molecule has 0 saturated heterocycles. The standard InChI is InChI=1S/C26H26Cl2N2O2S/c1-26(2,3)15-11-12-19-21(13-15)33-25(30-23(31)18-9-4-5-10-20(18)28)22(19)24(32)29-17-8-6-7-16(27)14-17/h4-10,14-15H,11-13H2,1-3H3,(H,29,32)(H,30,31). The van der Waals surface area contributed by atoms with Gasteiger partial charge in [-0.15, -0.1) is 11.3 Å². The van der Waals surface area contributed by atoms with Crippen LogP contribution in [0.4, 0.5) is 10.7 Å². The van der Waals surface area contributed by atoms with Crippen LogP contribution < -0.4 is 10.6 Å². The highest BCUT2D eigenvalue weighted by atomic mass is 35.5. The third kappa shape index (κ3) is 5.26. The Kier molecular flexibility index (Phi) is 6.85. The first-order chi connectivity index (χ1) is 15.6. The summed E-state index contributed by atoms with van der Waals surface area (Å²) < 4.78 is 0. The second-order valence-corrected chi connectivity index (χ2v) is 11.4. The van der Waals surface area contributed by atoms with E-state index in [1.54, 1.807) is 48.5 Å². The van der Waals surface area contributed by atoms with Gasteiger partial charge in [0.2, 0.25) is 0 Å². The summed E-state index contributed by atoms with van der Waals surface area (Å²) in [6, 6.07) is 13.9. The quantitative estimate of drug-likeness (QED) is 0.385. The van der Waals surface area contributed by atoms with Gasteiger partial charge in [0, 0.05) is 15.6 Å². The summed E-state index contributed by atoms with van der Waals surface area (Å²) in [4.78, 5) is 27.6. The van der Waals surface area contributed by atoms with E-state index >= 15 is 0 Å². The third-order valence-electron chi connectivity index (χ3n) is 6.15. The van der Waals surface area contributed by atoms with Crippen LogP contribution in [0.15, 0.2) is 48.5 Å². The van der Waals surface area contributed by atoms with Gasteiger partial charge in [-0.2, -0.15) is 0 Å². The number of anilines is 2. The van der Waals surface area contributed by atoms with Crippen molar-refractivity contribution in [1.29, 1.82) is 0 Å². The monoisotopic (exact) mass is 500 g/mol. The zero-order valence-electron chi connectivity index (χ0n) is 18.8. The fraction of sp³-hybridized carbons (Fsp3) is 0.308.